The lowest BCUT2D eigenvalue weighted by molar-refractivity contribution is -0.384. The molecule has 0 unspecified atom stereocenters. The van der Waals surface area contributed by atoms with Crippen LogP contribution in [0.1, 0.15) is 33.5 Å². The first-order valence-corrected chi connectivity index (χ1v) is 11.5. The van der Waals surface area contributed by atoms with Crippen molar-refractivity contribution in [2.24, 2.45) is 0 Å². The normalized spacial score (nSPS) is 19.4. The molecule has 0 atom stereocenters. The maximum atomic E-state index is 13.1. The summed E-state index contributed by atoms with van der Waals surface area (Å²) in [4.78, 5) is 28.2. The smallest absolute Gasteiger partial charge is 0.269 e. The number of ether oxygens (including phenoxy) is 3. The number of morpholine rings is 1. The van der Waals surface area contributed by atoms with Crippen molar-refractivity contribution in [1.29, 1.82) is 0 Å². The Bertz CT molecular complexity index is 1140. The topological polar surface area (TPSA) is 94.4 Å². The lowest BCUT2D eigenvalue weighted by atomic mass is 9.98. The second-order valence-corrected chi connectivity index (χ2v) is 8.80. The molecular formula is C25H27N3O6. The number of carbonyl (C=O) groups is 1. The summed E-state index contributed by atoms with van der Waals surface area (Å²) in [5.41, 5.74) is 2.92. The van der Waals surface area contributed by atoms with Crippen molar-refractivity contribution in [3.8, 4) is 11.5 Å². The van der Waals surface area contributed by atoms with Gasteiger partial charge in [0.2, 0.25) is 5.78 Å². The second-order valence-electron chi connectivity index (χ2n) is 8.80. The molecule has 3 aliphatic heterocycles. The highest BCUT2D eigenvalue weighted by molar-refractivity contribution is 6.15. The monoisotopic (exact) mass is 465 g/mol. The van der Waals surface area contributed by atoms with Crippen LogP contribution in [0, 0.1) is 17.0 Å². The Hall–Kier alpha value is -3.27. The van der Waals surface area contributed by atoms with E-state index in [0.29, 0.717) is 30.2 Å². The zero-order valence-electron chi connectivity index (χ0n) is 19.1. The van der Waals surface area contributed by atoms with Gasteiger partial charge in [0.25, 0.3) is 5.69 Å². The number of aryl methyl sites for hydroxylation is 1. The summed E-state index contributed by atoms with van der Waals surface area (Å²) in [6.07, 6.45) is 2.65. The summed E-state index contributed by atoms with van der Waals surface area (Å²) in [6.45, 7) is 8.51. The van der Waals surface area contributed by atoms with E-state index in [1.807, 2.05) is 13.0 Å². The molecule has 34 heavy (non-hydrogen) atoms. The lowest BCUT2D eigenvalue weighted by Gasteiger charge is -2.31. The Morgan fingerprint density at radius 3 is 2.59 bits per heavy atom. The molecule has 0 radical (unpaired) electrons. The first kappa shape index (κ1) is 22.5. The van der Waals surface area contributed by atoms with Crippen molar-refractivity contribution in [3.05, 3.63) is 68.5 Å². The molecule has 9 heteroatoms. The summed E-state index contributed by atoms with van der Waals surface area (Å²) in [7, 11) is 0. The third kappa shape index (κ3) is 4.54. The third-order valence-corrected chi connectivity index (χ3v) is 6.44. The predicted octanol–water partition coefficient (Wildman–Crippen LogP) is 3.39. The molecule has 0 aromatic heterocycles. The van der Waals surface area contributed by atoms with Crippen molar-refractivity contribution in [3.63, 3.8) is 0 Å². The average molecular weight is 466 g/mol. The van der Waals surface area contributed by atoms with E-state index >= 15 is 0 Å². The number of fused-ring (bicyclic) bond motifs is 3. The zero-order valence-corrected chi connectivity index (χ0v) is 19.1. The quantitative estimate of drug-likeness (QED) is 0.364. The van der Waals surface area contributed by atoms with Gasteiger partial charge in [0.15, 0.2) is 5.76 Å². The molecule has 1 saturated heterocycles. The van der Waals surface area contributed by atoms with E-state index < -0.39 is 4.92 Å². The molecule has 0 amide bonds. The minimum absolute atomic E-state index is 0.000114. The molecule has 9 nitrogen and oxygen atoms in total. The number of allylic oxidation sites excluding steroid dienone is 1. The van der Waals surface area contributed by atoms with Crippen LogP contribution in [-0.4, -0.2) is 66.6 Å². The number of nitrogens with zero attached hydrogens (tertiary/aromatic N) is 3. The first-order valence-electron chi connectivity index (χ1n) is 11.5. The van der Waals surface area contributed by atoms with E-state index in [1.54, 1.807) is 18.2 Å². The Morgan fingerprint density at radius 1 is 1.12 bits per heavy atom. The Kier molecular flexibility index (Phi) is 6.32. The van der Waals surface area contributed by atoms with E-state index in [9.17, 15) is 14.9 Å². The van der Waals surface area contributed by atoms with Gasteiger partial charge in [0.05, 0.1) is 29.3 Å². The molecule has 0 aliphatic carbocycles. The van der Waals surface area contributed by atoms with Crippen LogP contribution in [0.3, 0.4) is 0 Å². The van der Waals surface area contributed by atoms with Gasteiger partial charge in [-0.1, -0.05) is 0 Å². The van der Waals surface area contributed by atoms with Crippen LogP contribution in [0.25, 0.3) is 6.08 Å². The molecule has 0 bridgehead atoms. The number of non-ortho nitro benzene ring substituents is 1. The Balaban J connectivity index is 1.31. The van der Waals surface area contributed by atoms with E-state index in [-0.39, 0.29) is 17.2 Å². The number of rotatable bonds is 6. The van der Waals surface area contributed by atoms with Gasteiger partial charge in [0, 0.05) is 38.3 Å². The Labute approximate surface area is 197 Å². The van der Waals surface area contributed by atoms with Crippen LogP contribution in [-0.2, 0) is 11.3 Å². The molecule has 3 heterocycles. The highest BCUT2D eigenvalue weighted by Crippen LogP contribution is 2.44. The lowest BCUT2D eigenvalue weighted by Crippen LogP contribution is -2.39. The van der Waals surface area contributed by atoms with Crippen LogP contribution >= 0.6 is 0 Å². The van der Waals surface area contributed by atoms with Gasteiger partial charge in [-0.15, -0.1) is 0 Å². The minimum Gasteiger partial charge on any atom is -0.478 e. The highest BCUT2D eigenvalue weighted by atomic mass is 16.6. The maximum absolute atomic E-state index is 13.1. The number of nitro benzene ring substituents is 1. The molecule has 1 fully saturated rings. The Morgan fingerprint density at radius 2 is 1.85 bits per heavy atom. The summed E-state index contributed by atoms with van der Waals surface area (Å²) < 4.78 is 17.5. The maximum Gasteiger partial charge on any atom is 0.269 e. The molecule has 0 spiro atoms. The second kappa shape index (κ2) is 9.54. The number of ketones is 1. The van der Waals surface area contributed by atoms with Gasteiger partial charge in [0.1, 0.15) is 18.2 Å². The predicted molar refractivity (Wildman–Crippen MR) is 125 cm³/mol. The van der Waals surface area contributed by atoms with Crippen molar-refractivity contribution >= 4 is 17.5 Å². The fourth-order valence-corrected chi connectivity index (χ4v) is 4.61. The number of benzene rings is 2. The van der Waals surface area contributed by atoms with Gasteiger partial charge in [-0.3, -0.25) is 24.7 Å². The molecule has 2 aromatic rings. The number of hydrogen-bond acceptors (Lipinski definition) is 8. The minimum atomic E-state index is -0.452. The number of hydrogen-bond donors (Lipinski definition) is 0. The van der Waals surface area contributed by atoms with Crippen LogP contribution < -0.4 is 9.47 Å². The summed E-state index contributed by atoms with van der Waals surface area (Å²) in [5.74, 6) is 1.35. The zero-order chi connectivity index (χ0) is 23.7. The molecule has 178 valence electrons. The van der Waals surface area contributed by atoms with Crippen molar-refractivity contribution in [1.82, 2.24) is 9.80 Å². The molecule has 3 aliphatic rings. The van der Waals surface area contributed by atoms with E-state index in [2.05, 4.69) is 9.80 Å². The molecule has 0 N–H and O–H groups in total. The molecule has 0 saturated carbocycles. The van der Waals surface area contributed by atoms with Crippen LogP contribution in [0.15, 0.2) is 36.1 Å². The van der Waals surface area contributed by atoms with Gasteiger partial charge in [-0.05, 0) is 55.3 Å². The van der Waals surface area contributed by atoms with Crippen LogP contribution in [0.2, 0.25) is 0 Å². The van der Waals surface area contributed by atoms with Gasteiger partial charge < -0.3 is 14.2 Å². The average Bonchev–Trinajstić information content (AvgIpc) is 3.17. The molecule has 2 aromatic carbocycles. The highest BCUT2D eigenvalue weighted by Gasteiger charge is 2.35. The third-order valence-electron chi connectivity index (χ3n) is 6.44. The fourth-order valence-electron chi connectivity index (χ4n) is 4.61. The van der Waals surface area contributed by atoms with Crippen LogP contribution in [0.5, 0.6) is 11.5 Å². The van der Waals surface area contributed by atoms with Gasteiger partial charge >= 0.3 is 0 Å². The number of Topliss-reactive ketones (excluding diaryl/α,β-unsaturated/α-hetero) is 1. The van der Waals surface area contributed by atoms with Crippen molar-refractivity contribution in [2.75, 3.05) is 46.1 Å². The SMILES string of the molecule is Cc1cc2c(c3c1C(=O)/C(=C/c1ccc([N+](=O)[O-])cc1)O3)CN(CCCN1CCOCC1)CO2. The summed E-state index contributed by atoms with van der Waals surface area (Å²) in [6, 6.07) is 7.94. The fraction of sp³-hybridized carbons (Fsp3) is 0.400. The number of nitro groups is 1. The van der Waals surface area contributed by atoms with Crippen molar-refractivity contribution in [2.45, 2.75) is 19.9 Å². The molecule has 5 rings (SSSR count). The summed E-state index contributed by atoms with van der Waals surface area (Å²) >= 11 is 0. The van der Waals surface area contributed by atoms with Crippen LogP contribution in [0.4, 0.5) is 5.69 Å². The summed E-state index contributed by atoms with van der Waals surface area (Å²) in [5, 5.41) is 10.9. The molecular weight excluding hydrogens is 438 g/mol. The van der Waals surface area contributed by atoms with Gasteiger partial charge in [-0.2, -0.15) is 0 Å². The standard InChI is InChI=1S/C25H27N3O6/c1-17-13-21-20(15-27(16-33-21)8-2-7-26-9-11-32-12-10-26)25-23(17)24(29)22(34-25)14-18-3-5-19(6-4-18)28(30)31/h3-6,13-14H,2,7-12,15-16H2,1H3/b22-14-. The van der Waals surface area contributed by atoms with E-state index in [4.69, 9.17) is 14.2 Å². The van der Waals surface area contributed by atoms with E-state index in [1.165, 1.54) is 12.1 Å². The largest absolute Gasteiger partial charge is 0.478 e. The first-order chi connectivity index (χ1) is 16.5. The number of carbonyl (C=O) groups excluding carboxylic acids is 1. The van der Waals surface area contributed by atoms with E-state index in [0.717, 1.165) is 62.7 Å². The van der Waals surface area contributed by atoms with Crippen molar-refractivity contribution < 1.29 is 23.9 Å². The van der Waals surface area contributed by atoms with Gasteiger partial charge in [-0.25, -0.2) is 0 Å².